The number of ether oxygens (including phenoxy) is 2. The number of rotatable bonds is 4. The Kier molecular flexibility index (Phi) is 5.78. The van der Waals surface area contributed by atoms with Gasteiger partial charge in [0.05, 0.1) is 4.90 Å². The molecule has 28 heavy (non-hydrogen) atoms. The van der Waals surface area contributed by atoms with Gasteiger partial charge in [-0.3, -0.25) is 4.79 Å². The largest absolute Gasteiger partial charge is 0.486 e. The molecule has 1 saturated carbocycles. The third kappa shape index (κ3) is 3.98. The van der Waals surface area contributed by atoms with Crippen molar-refractivity contribution >= 4 is 15.9 Å². The number of carbonyl (C=O) groups excluding carboxylic acids is 1. The Bertz CT molecular complexity index is 818. The molecule has 1 aromatic rings. The molecule has 8 heteroatoms. The quantitative estimate of drug-likeness (QED) is 0.774. The van der Waals surface area contributed by atoms with Crippen molar-refractivity contribution < 1.29 is 22.7 Å². The Morgan fingerprint density at radius 2 is 1.68 bits per heavy atom. The van der Waals surface area contributed by atoms with Crippen LogP contribution >= 0.6 is 0 Å². The van der Waals surface area contributed by atoms with E-state index < -0.39 is 16.1 Å². The second-order valence-corrected chi connectivity index (χ2v) is 9.67. The Balaban J connectivity index is 1.51. The van der Waals surface area contributed by atoms with E-state index in [4.69, 9.17) is 9.47 Å². The monoisotopic (exact) mass is 408 g/mol. The fourth-order valence-corrected chi connectivity index (χ4v) is 6.00. The van der Waals surface area contributed by atoms with Crippen LogP contribution in [-0.4, -0.2) is 50.5 Å². The van der Waals surface area contributed by atoms with Crippen LogP contribution in [0.5, 0.6) is 11.5 Å². The molecule has 0 unspecified atom stereocenters. The van der Waals surface area contributed by atoms with Crippen LogP contribution in [0.1, 0.15) is 51.4 Å². The molecule has 154 valence electrons. The van der Waals surface area contributed by atoms with Crippen molar-refractivity contribution in [2.24, 2.45) is 0 Å². The normalized spacial score (nSPS) is 23.9. The van der Waals surface area contributed by atoms with Gasteiger partial charge in [-0.25, -0.2) is 8.42 Å². The number of carbonyl (C=O) groups is 1. The van der Waals surface area contributed by atoms with Crippen molar-refractivity contribution in [2.75, 3.05) is 19.8 Å². The number of amides is 1. The summed E-state index contributed by atoms with van der Waals surface area (Å²) in [5, 5.41) is 3.11. The summed E-state index contributed by atoms with van der Waals surface area (Å²) in [5.74, 6) is 0.825. The molecule has 1 aromatic carbocycles. The van der Waals surface area contributed by atoms with E-state index in [9.17, 15) is 13.2 Å². The first-order valence-electron chi connectivity index (χ1n) is 10.3. The van der Waals surface area contributed by atoms with Crippen LogP contribution in [0, 0.1) is 0 Å². The maximum absolute atomic E-state index is 13.2. The number of hydrogen-bond donors (Lipinski definition) is 1. The number of sulfonamides is 1. The van der Waals surface area contributed by atoms with Crippen LogP contribution in [0.3, 0.4) is 0 Å². The molecule has 2 aliphatic heterocycles. The van der Waals surface area contributed by atoms with Gasteiger partial charge in [-0.2, -0.15) is 4.31 Å². The molecule has 0 radical (unpaired) electrons. The molecular weight excluding hydrogens is 380 g/mol. The summed E-state index contributed by atoms with van der Waals surface area (Å²) in [6.45, 7) is 1.21. The van der Waals surface area contributed by atoms with Crippen molar-refractivity contribution in [3.8, 4) is 11.5 Å². The molecular formula is C20H28N2O5S. The summed E-state index contributed by atoms with van der Waals surface area (Å²) >= 11 is 0. The lowest BCUT2D eigenvalue weighted by atomic mass is 10.1. The molecule has 7 nitrogen and oxygen atoms in total. The second-order valence-electron chi connectivity index (χ2n) is 7.78. The highest BCUT2D eigenvalue weighted by Gasteiger charge is 2.40. The summed E-state index contributed by atoms with van der Waals surface area (Å²) in [4.78, 5) is 13.0. The highest BCUT2D eigenvalue weighted by molar-refractivity contribution is 7.89. The first kappa shape index (κ1) is 19.5. The van der Waals surface area contributed by atoms with Gasteiger partial charge in [-0.1, -0.05) is 25.7 Å². The van der Waals surface area contributed by atoms with Crippen LogP contribution in [-0.2, 0) is 14.8 Å². The zero-order valence-electron chi connectivity index (χ0n) is 16.1. The van der Waals surface area contributed by atoms with Gasteiger partial charge in [0.1, 0.15) is 19.3 Å². The zero-order valence-corrected chi connectivity index (χ0v) is 16.9. The Morgan fingerprint density at radius 3 is 2.43 bits per heavy atom. The molecule has 0 spiro atoms. The third-order valence-corrected chi connectivity index (χ3v) is 7.73. The first-order valence-corrected chi connectivity index (χ1v) is 11.7. The minimum Gasteiger partial charge on any atom is -0.486 e. The van der Waals surface area contributed by atoms with E-state index in [1.165, 1.54) is 29.3 Å². The summed E-state index contributed by atoms with van der Waals surface area (Å²) < 4.78 is 38.8. The first-order chi connectivity index (χ1) is 13.6. The van der Waals surface area contributed by atoms with Crippen LogP contribution in [0.25, 0.3) is 0 Å². The summed E-state index contributed by atoms with van der Waals surface area (Å²) in [6.07, 6.45) is 7.86. The van der Waals surface area contributed by atoms with Gasteiger partial charge >= 0.3 is 0 Å². The fraction of sp³-hybridized carbons (Fsp3) is 0.650. The van der Waals surface area contributed by atoms with E-state index in [-0.39, 0.29) is 16.8 Å². The predicted molar refractivity (Wildman–Crippen MR) is 104 cm³/mol. The maximum Gasteiger partial charge on any atom is 0.243 e. The minimum atomic E-state index is -3.78. The lowest BCUT2D eigenvalue weighted by Crippen LogP contribution is -2.48. The molecule has 1 saturated heterocycles. The number of nitrogens with one attached hydrogen (secondary N) is 1. The topological polar surface area (TPSA) is 84.9 Å². The highest BCUT2D eigenvalue weighted by Crippen LogP contribution is 2.35. The molecule has 3 aliphatic rings. The van der Waals surface area contributed by atoms with E-state index >= 15 is 0 Å². The third-order valence-electron chi connectivity index (χ3n) is 5.83. The van der Waals surface area contributed by atoms with Gasteiger partial charge in [-0.15, -0.1) is 0 Å². The van der Waals surface area contributed by atoms with E-state index in [1.807, 2.05) is 0 Å². The molecule has 0 aromatic heterocycles. The second kappa shape index (κ2) is 8.29. The van der Waals surface area contributed by atoms with E-state index in [0.29, 0.717) is 44.1 Å². The molecule has 2 heterocycles. The van der Waals surface area contributed by atoms with Crippen LogP contribution < -0.4 is 14.8 Å². The predicted octanol–water partition coefficient (Wildman–Crippen LogP) is 2.45. The minimum absolute atomic E-state index is 0.144. The van der Waals surface area contributed by atoms with Gasteiger partial charge in [-0.05, 0) is 37.8 Å². The summed E-state index contributed by atoms with van der Waals surface area (Å²) in [6, 6.07) is 4.18. The molecule has 1 amide bonds. The number of hydrogen-bond acceptors (Lipinski definition) is 5. The Labute approximate surface area is 166 Å². The molecule has 2 fully saturated rings. The lowest BCUT2D eigenvalue weighted by Gasteiger charge is -2.26. The SMILES string of the molecule is O=C(NC1CCCCCC1)[C@@H]1CCCN1S(=O)(=O)c1ccc2c(c1)OCCO2. The van der Waals surface area contributed by atoms with Crippen molar-refractivity contribution in [3.63, 3.8) is 0 Å². The Morgan fingerprint density at radius 1 is 0.964 bits per heavy atom. The van der Waals surface area contributed by atoms with Gasteiger partial charge in [0.25, 0.3) is 0 Å². The Hall–Kier alpha value is -1.80. The average Bonchev–Trinajstić information content (AvgIpc) is 3.08. The maximum atomic E-state index is 13.2. The van der Waals surface area contributed by atoms with Crippen LogP contribution in [0.15, 0.2) is 23.1 Å². The van der Waals surface area contributed by atoms with Gasteiger partial charge < -0.3 is 14.8 Å². The van der Waals surface area contributed by atoms with E-state index in [1.54, 1.807) is 6.07 Å². The van der Waals surface area contributed by atoms with Crippen molar-refractivity contribution in [3.05, 3.63) is 18.2 Å². The standard InChI is InChI=1S/C20H28N2O5S/c23-20(21-15-6-3-1-2-4-7-15)17-8-5-11-22(17)28(24,25)16-9-10-18-19(14-16)27-13-12-26-18/h9-10,14-15,17H,1-8,11-13H2,(H,21,23)/t17-/m0/s1. The molecule has 1 atom stereocenters. The zero-order chi connectivity index (χ0) is 19.6. The molecule has 1 aliphatic carbocycles. The number of benzene rings is 1. The lowest BCUT2D eigenvalue weighted by molar-refractivity contribution is -0.125. The average molecular weight is 409 g/mol. The number of nitrogens with zero attached hydrogens (tertiary/aromatic N) is 1. The summed E-state index contributed by atoms with van der Waals surface area (Å²) in [7, 11) is -3.78. The molecule has 4 rings (SSSR count). The van der Waals surface area contributed by atoms with E-state index in [0.717, 1.165) is 25.7 Å². The van der Waals surface area contributed by atoms with Gasteiger partial charge in [0, 0.05) is 18.7 Å². The number of fused-ring (bicyclic) bond motifs is 1. The fourth-order valence-electron chi connectivity index (χ4n) is 4.33. The van der Waals surface area contributed by atoms with Crippen LogP contribution in [0.4, 0.5) is 0 Å². The van der Waals surface area contributed by atoms with Crippen molar-refractivity contribution in [1.29, 1.82) is 0 Å². The van der Waals surface area contributed by atoms with Gasteiger partial charge in [0.15, 0.2) is 11.5 Å². The molecule has 0 bridgehead atoms. The van der Waals surface area contributed by atoms with E-state index in [2.05, 4.69) is 5.32 Å². The van der Waals surface area contributed by atoms with Crippen molar-refractivity contribution in [1.82, 2.24) is 9.62 Å². The van der Waals surface area contributed by atoms with Crippen LogP contribution in [0.2, 0.25) is 0 Å². The summed E-state index contributed by atoms with van der Waals surface area (Å²) in [5.41, 5.74) is 0. The van der Waals surface area contributed by atoms with Gasteiger partial charge in [0.2, 0.25) is 15.9 Å². The van der Waals surface area contributed by atoms with Crippen molar-refractivity contribution in [2.45, 2.75) is 68.3 Å². The smallest absolute Gasteiger partial charge is 0.243 e. The molecule has 1 N–H and O–H groups in total. The highest BCUT2D eigenvalue weighted by atomic mass is 32.2.